The summed E-state index contributed by atoms with van der Waals surface area (Å²) in [6, 6.07) is 12.3. The van der Waals surface area contributed by atoms with Crippen LogP contribution in [0.5, 0.6) is 0 Å². The molecule has 0 aromatic heterocycles. The van der Waals surface area contributed by atoms with Gasteiger partial charge in [0.1, 0.15) is 0 Å². The highest BCUT2D eigenvalue weighted by atomic mass is 32.2. The molecule has 0 saturated heterocycles. The van der Waals surface area contributed by atoms with Crippen LogP contribution in [0.4, 0.5) is 11.4 Å². The van der Waals surface area contributed by atoms with Crippen molar-refractivity contribution in [2.24, 2.45) is 0 Å². The lowest BCUT2D eigenvalue weighted by atomic mass is 10.1. The van der Waals surface area contributed by atoms with Crippen molar-refractivity contribution in [3.8, 4) is 0 Å². The smallest absolute Gasteiger partial charge is 0.273 e. The van der Waals surface area contributed by atoms with Gasteiger partial charge in [0.15, 0.2) is 0 Å². The fourth-order valence-electron chi connectivity index (χ4n) is 2.56. The molecular formula is C18H22N4O5S. The van der Waals surface area contributed by atoms with Crippen LogP contribution in [-0.4, -0.2) is 56.1 Å². The summed E-state index contributed by atoms with van der Waals surface area (Å²) >= 11 is 0. The second kappa shape index (κ2) is 8.91. The number of carbonyl (C=O) groups is 1. The van der Waals surface area contributed by atoms with Crippen molar-refractivity contribution < 1.29 is 18.1 Å². The van der Waals surface area contributed by atoms with E-state index >= 15 is 0 Å². The molecule has 9 nitrogen and oxygen atoms in total. The zero-order valence-corrected chi connectivity index (χ0v) is 16.6. The summed E-state index contributed by atoms with van der Waals surface area (Å²) in [5.74, 6) is -0.361. The number of amides is 1. The number of carbonyl (C=O) groups excluding carboxylic acids is 1. The molecule has 2 aromatic rings. The molecule has 150 valence electrons. The molecule has 0 atom stereocenters. The summed E-state index contributed by atoms with van der Waals surface area (Å²) in [5, 5.41) is 13.7. The predicted molar refractivity (Wildman–Crippen MR) is 105 cm³/mol. The monoisotopic (exact) mass is 406 g/mol. The van der Waals surface area contributed by atoms with Crippen LogP contribution in [0.15, 0.2) is 53.4 Å². The van der Waals surface area contributed by atoms with E-state index in [0.717, 1.165) is 4.31 Å². The largest absolute Gasteiger partial charge is 0.325 e. The molecule has 0 aliphatic heterocycles. The van der Waals surface area contributed by atoms with E-state index < -0.39 is 14.9 Å². The number of rotatable bonds is 8. The molecule has 1 N–H and O–H groups in total. The minimum atomic E-state index is -3.60. The van der Waals surface area contributed by atoms with Gasteiger partial charge in [-0.1, -0.05) is 24.3 Å². The van der Waals surface area contributed by atoms with Crippen LogP contribution in [0.25, 0.3) is 0 Å². The highest BCUT2D eigenvalue weighted by Crippen LogP contribution is 2.20. The Labute approximate surface area is 163 Å². The number of benzene rings is 2. The maximum absolute atomic E-state index is 12.3. The van der Waals surface area contributed by atoms with Gasteiger partial charge in [0, 0.05) is 38.0 Å². The van der Waals surface area contributed by atoms with Crippen LogP contribution in [0.1, 0.15) is 5.56 Å². The van der Waals surface area contributed by atoms with Crippen molar-refractivity contribution in [1.82, 2.24) is 9.21 Å². The normalized spacial score (nSPS) is 11.6. The molecule has 10 heteroatoms. The third kappa shape index (κ3) is 5.35. The van der Waals surface area contributed by atoms with E-state index in [2.05, 4.69) is 5.32 Å². The Bertz CT molecular complexity index is 975. The highest BCUT2D eigenvalue weighted by molar-refractivity contribution is 7.89. The predicted octanol–water partition coefficient (Wildman–Crippen LogP) is 1.92. The first-order valence-corrected chi connectivity index (χ1v) is 9.78. The van der Waals surface area contributed by atoms with E-state index in [4.69, 9.17) is 0 Å². The first kappa shape index (κ1) is 21.5. The van der Waals surface area contributed by atoms with Crippen LogP contribution in [-0.2, 0) is 21.4 Å². The average Bonchev–Trinajstić information content (AvgIpc) is 2.61. The number of nitrogens with one attached hydrogen (secondary N) is 1. The van der Waals surface area contributed by atoms with Crippen LogP contribution in [0, 0.1) is 10.1 Å². The van der Waals surface area contributed by atoms with Gasteiger partial charge in [-0.2, -0.15) is 0 Å². The van der Waals surface area contributed by atoms with Crippen molar-refractivity contribution in [3.63, 3.8) is 0 Å². The SMILES string of the molecule is CN(CC(=O)Nc1cccc(S(=O)(=O)N(C)C)c1)Cc1ccccc1[N+](=O)[O-]. The molecule has 0 unspecified atom stereocenters. The highest BCUT2D eigenvalue weighted by Gasteiger charge is 2.18. The molecule has 0 fully saturated rings. The molecule has 0 aliphatic rings. The van der Waals surface area contributed by atoms with Crippen LogP contribution >= 0.6 is 0 Å². The molecule has 0 spiro atoms. The Morgan fingerprint density at radius 3 is 2.43 bits per heavy atom. The summed E-state index contributed by atoms with van der Waals surface area (Å²) in [5.41, 5.74) is 0.852. The fraction of sp³-hybridized carbons (Fsp3) is 0.278. The maximum atomic E-state index is 12.3. The quantitative estimate of drug-likeness (QED) is 0.529. The number of likely N-dealkylation sites (N-methyl/N-ethyl adjacent to an activating group) is 1. The first-order valence-electron chi connectivity index (χ1n) is 8.34. The second-order valence-electron chi connectivity index (χ2n) is 6.42. The second-order valence-corrected chi connectivity index (χ2v) is 8.57. The molecule has 2 rings (SSSR count). The Morgan fingerprint density at radius 2 is 1.79 bits per heavy atom. The van der Waals surface area contributed by atoms with Crippen LogP contribution in [0.3, 0.4) is 0 Å². The van der Waals surface area contributed by atoms with Crippen molar-refractivity contribution >= 4 is 27.3 Å². The number of anilines is 1. The van der Waals surface area contributed by atoms with E-state index in [0.29, 0.717) is 11.3 Å². The van der Waals surface area contributed by atoms with E-state index in [1.54, 1.807) is 42.3 Å². The lowest BCUT2D eigenvalue weighted by molar-refractivity contribution is -0.385. The zero-order valence-electron chi connectivity index (χ0n) is 15.8. The van der Waals surface area contributed by atoms with E-state index in [1.807, 2.05) is 0 Å². The molecule has 0 radical (unpaired) electrons. The summed E-state index contributed by atoms with van der Waals surface area (Å²) in [6.07, 6.45) is 0. The molecular weight excluding hydrogens is 384 g/mol. The van der Waals surface area contributed by atoms with Crippen LogP contribution < -0.4 is 5.32 Å². The number of hydrogen-bond donors (Lipinski definition) is 1. The number of sulfonamides is 1. The molecule has 0 bridgehead atoms. The minimum Gasteiger partial charge on any atom is -0.325 e. The standard InChI is InChI=1S/C18H22N4O5S/c1-20(2)28(26,27)16-9-6-8-15(11-16)19-18(23)13-21(3)12-14-7-4-5-10-17(14)22(24)25/h4-11H,12-13H2,1-3H3,(H,19,23). The zero-order chi connectivity index (χ0) is 20.9. The summed E-state index contributed by atoms with van der Waals surface area (Å²) in [4.78, 5) is 24.6. The number of para-hydroxylation sites is 1. The van der Waals surface area contributed by atoms with Gasteiger partial charge in [0.25, 0.3) is 5.69 Å². The number of nitrogens with zero attached hydrogens (tertiary/aromatic N) is 3. The van der Waals surface area contributed by atoms with Gasteiger partial charge in [-0.25, -0.2) is 12.7 Å². The topological polar surface area (TPSA) is 113 Å². The van der Waals surface area contributed by atoms with Crippen molar-refractivity contribution in [3.05, 3.63) is 64.2 Å². The molecule has 0 heterocycles. The lowest BCUT2D eigenvalue weighted by Crippen LogP contribution is -2.30. The van der Waals surface area contributed by atoms with Gasteiger partial charge in [-0.15, -0.1) is 0 Å². The Balaban J connectivity index is 2.04. The van der Waals surface area contributed by atoms with E-state index in [9.17, 15) is 23.3 Å². The lowest BCUT2D eigenvalue weighted by Gasteiger charge is -2.17. The molecule has 0 saturated carbocycles. The van der Waals surface area contributed by atoms with E-state index in [-0.39, 0.29) is 29.6 Å². The number of nitro benzene ring substituents is 1. The number of hydrogen-bond acceptors (Lipinski definition) is 6. The van der Waals surface area contributed by atoms with Gasteiger partial charge in [0.05, 0.1) is 16.4 Å². The fourth-order valence-corrected chi connectivity index (χ4v) is 3.51. The summed E-state index contributed by atoms with van der Waals surface area (Å²) < 4.78 is 25.5. The minimum absolute atomic E-state index is 0.00338. The maximum Gasteiger partial charge on any atom is 0.273 e. The van der Waals surface area contributed by atoms with Gasteiger partial charge < -0.3 is 5.32 Å². The van der Waals surface area contributed by atoms with Crippen LogP contribution in [0.2, 0.25) is 0 Å². The average molecular weight is 406 g/mol. The Morgan fingerprint density at radius 1 is 1.11 bits per heavy atom. The molecule has 2 aromatic carbocycles. The molecule has 0 aliphatic carbocycles. The third-order valence-corrected chi connectivity index (χ3v) is 5.75. The van der Waals surface area contributed by atoms with Crippen molar-refractivity contribution in [1.29, 1.82) is 0 Å². The number of nitro groups is 1. The van der Waals surface area contributed by atoms with Gasteiger partial charge in [0.2, 0.25) is 15.9 Å². The summed E-state index contributed by atoms with van der Waals surface area (Å²) in [7, 11) is 0.924. The third-order valence-electron chi connectivity index (χ3n) is 3.94. The van der Waals surface area contributed by atoms with Gasteiger partial charge >= 0.3 is 0 Å². The Kier molecular flexibility index (Phi) is 6.84. The van der Waals surface area contributed by atoms with Crippen molar-refractivity contribution in [2.45, 2.75) is 11.4 Å². The molecule has 1 amide bonds. The Hall–Kier alpha value is -2.82. The van der Waals surface area contributed by atoms with E-state index in [1.165, 1.54) is 32.3 Å². The molecule has 28 heavy (non-hydrogen) atoms. The summed E-state index contributed by atoms with van der Waals surface area (Å²) in [6.45, 7) is 0.205. The van der Waals surface area contributed by atoms with Crippen molar-refractivity contribution in [2.75, 3.05) is 33.0 Å². The van der Waals surface area contributed by atoms with Gasteiger partial charge in [-0.3, -0.25) is 19.8 Å². The van der Waals surface area contributed by atoms with Gasteiger partial charge in [-0.05, 0) is 25.2 Å². The first-order chi connectivity index (χ1) is 13.1.